The number of benzene rings is 1. The van der Waals surface area contributed by atoms with Crippen LogP contribution in [0.1, 0.15) is 25.7 Å². The molecule has 0 aliphatic heterocycles. The van der Waals surface area contributed by atoms with Crippen molar-refractivity contribution >= 4 is 21.6 Å². The van der Waals surface area contributed by atoms with Crippen molar-refractivity contribution in [3.63, 3.8) is 0 Å². The number of hydrogen-bond acceptors (Lipinski definition) is 2. The molecule has 104 valence electrons. The lowest BCUT2D eigenvalue weighted by molar-refractivity contribution is 0.471. The first-order valence-corrected chi connectivity index (χ1v) is 8.31. The lowest BCUT2D eigenvalue weighted by atomic mass is 10.1. The molecule has 2 aliphatic rings. The van der Waals surface area contributed by atoms with Crippen molar-refractivity contribution in [2.75, 3.05) is 0 Å². The number of rotatable bonds is 5. The zero-order valence-corrected chi connectivity index (χ0v) is 11.8. The fourth-order valence-electron chi connectivity index (χ4n) is 2.38. The smallest absolute Gasteiger partial charge is 0.208 e. The molecule has 1 aromatic carbocycles. The Morgan fingerprint density at radius 1 is 1.21 bits per heavy atom. The summed E-state index contributed by atoms with van der Waals surface area (Å²) in [5, 5.41) is -0.169. The quantitative estimate of drug-likeness (QED) is 0.909. The zero-order chi connectivity index (χ0) is 13.6. The van der Waals surface area contributed by atoms with Crippen molar-refractivity contribution in [1.82, 2.24) is 4.72 Å². The number of hydrogen-bond donors (Lipinski definition) is 1. The van der Waals surface area contributed by atoms with Gasteiger partial charge in [-0.05, 0) is 55.7 Å². The number of halogens is 2. The van der Waals surface area contributed by atoms with Gasteiger partial charge in [-0.1, -0.05) is 11.6 Å². The lowest BCUT2D eigenvalue weighted by Crippen LogP contribution is -2.38. The van der Waals surface area contributed by atoms with Crippen LogP contribution < -0.4 is 4.72 Å². The third-order valence-electron chi connectivity index (χ3n) is 3.75. The molecule has 2 saturated carbocycles. The summed E-state index contributed by atoms with van der Waals surface area (Å²) < 4.78 is 40.4. The molecule has 2 aliphatic carbocycles. The van der Waals surface area contributed by atoms with Crippen molar-refractivity contribution in [2.24, 2.45) is 11.8 Å². The molecule has 6 heteroatoms. The van der Waals surface area contributed by atoms with E-state index in [4.69, 9.17) is 11.6 Å². The predicted molar refractivity (Wildman–Crippen MR) is 71.0 cm³/mol. The molecule has 0 bridgehead atoms. The molecular weight excluding hydrogens is 289 g/mol. The standard InChI is InChI=1S/C13H15ClFNO2S/c14-11-7-10(5-6-12(11)15)19(17,18)16-13(8-1-2-8)9-3-4-9/h5-9,13,16H,1-4H2. The normalized spacial score (nSPS) is 19.9. The van der Waals surface area contributed by atoms with Gasteiger partial charge in [0.25, 0.3) is 0 Å². The van der Waals surface area contributed by atoms with Crippen LogP contribution in [0.15, 0.2) is 23.1 Å². The summed E-state index contributed by atoms with van der Waals surface area (Å²) >= 11 is 5.64. The largest absolute Gasteiger partial charge is 0.240 e. The first kappa shape index (κ1) is 13.3. The molecule has 0 aromatic heterocycles. The van der Waals surface area contributed by atoms with E-state index in [1.54, 1.807) is 0 Å². The van der Waals surface area contributed by atoms with E-state index in [2.05, 4.69) is 4.72 Å². The van der Waals surface area contributed by atoms with E-state index in [9.17, 15) is 12.8 Å². The molecule has 1 N–H and O–H groups in total. The van der Waals surface area contributed by atoms with Gasteiger partial charge < -0.3 is 0 Å². The van der Waals surface area contributed by atoms with Crippen molar-refractivity contribution in [1.29, 1.82) is 0 Å². The Bertz CT molecular complexity index is 585. The van der Waals surface area contributed by atoms with Crippen molar-refractivity contribution < 1.29 is 12.8 Å². The van der Waals surface area contributed by atoms with E-state index in [1.165, 1.54) is 6.07 Å². The molecule has 3 rings (SSSR count). The Morgan fingerprint density at radius 2 is 1.79 bits per heavy atom. The van der Waals surface area contributed by atoms with E-state index in [-0.39, 0.29) is 16.0 Å². The van der Waals surface area contributed by atoms with Gasteiger partial charge in [-0.2, -0.15) is 0 Å². The highest BCUT2D eigenvalue weighted by Crippen LogP contribution is 2.45. The van der Waals surface area contributed by atoms with Gasteiger partial charge in [-0.25, -0.2) is 17.5 Å². The molecule has 0 heterocycles. The molecule has 0 atom stereocenters. The molecule has 0 saturated heterocycles. The first-order valence-electron chi connectivity index (χ1n) is 6.45. The highest BCUT2D eigenvalue weighted by molar-refractivity contribution is 7.89. The van der Waals surface area contributed by atoms with E-state index in [0.717, 1.165) is 37.8 Å². The van der Waals surface area contributed by atoms with Gasteiger partial charge in [0.2, 0.25) is 10.0 Å². The van der Waals surface area contributed by atoms with Crippen molar-refractivity contribution in [3.8, 4) is 0 Å². The van der Waals surface area contributed by atoms with Crippen LogP contribution in [0.3, 0.4) is 0 Å². The second-order valence-corrected chi connectivity index (χ2v) is 7.52. The Labute approximate surface area is 117 Å². The maximum atomic E-state index is 13.1. The van der Waals surface area contributed by atoms with Gasteiger partial charge in [-0.15, -0.1) is 0 Å². The van der Waals surface area contributed by atoms with Gasteiger partial charge in [0.15, 0.2) is 0 Å². The average molecular weight is 304 g/mol. The van der Waals surface area contributed by atoms with Gasteiger partial charge >= 0.3 is 0 Å². The summed E-state index contributed by atoms with van der Waals surface area (Å²) in [6, 6.07) is 3.53. The SMILES string of the molecule is O=S(=O)(NC(C1CC1)C1CC1)c1ccc(F)c(Cl)c1. The minimum absolute atomic E-state index is 0.0326. The summed E-state index contributed by atoms with van der Waals surface area (Å²) in [6.45, 7) is 0. The maximum absolute atomic E-state index is 13.1. The summed E-state index contributed by atoms with van der Waals surface area (Å²) in [7, 11) is -3.61. The van der Waals surface area contributed by atoms with Gasteiger partial charge in [0, 0.05) is 6.04 Å². The van der Waals surface area contributed by atoms with Crippen LogP contribution >= 0.6 is 11.6 Å². The van der Waals surface area contributed by atoms with E-state index in [1.807, 2.05) is 0 Å². The van der Waals surface area contributed by atoms with Crippen LogP contribution in [-0.4, -0.2) is 14.5 Å². The van der Waals surface area contributed by atoms with Crippen molar-refractivity contribution in [2.45, 2.75) is 36.6 Å². The third-order valence-corrected chi connectivity index (χ3v) is 5.50. The molecule has 0 amide bonds. The fraction of sp³-hybridized carbons (Fsp3) is 0.538. The average Bonchev–Trinajstić information content (AvgIpc) is 3.23. The Kier molecular flexibility index (Phi) is 3.31. The summed E-state index contributed by atoms with van der Waals surface area (Å²) in [4.78, 5) is 0.0326. The monoisotopic (exact) mass is 303 g/mol. The van der Waals surface area contributed by atoms with E-state index < -0.39 is 15.8 Å². The molecule has 2 fully saturated rings. The summed E-state index contributed by atoms with van der Waals surface area (Å²) in [6.07, 6.45) is 4.36. The third kappa shape index (κ3) is 2.93. The second kappa shape index (κ2) is 4.72. The summed E-state index contributed by atoms with van der Waals surface area (Å²) in [5.41, 5.74) is 0. The molecule has 3 nitrogen and oxygen atoms in total. The Balaban J connectivity index is 1.82. The van der Waals surface area contributed by atoms with E-state index in [0.29, 0.717) is 11.8 Å². The minimum Gasteiger partial charge on any atom is -0.208 e. The van der Waals surface area contributed by atoms with Crippen LogP contribution in [0.2, 0.25) is 5.02 Å². The van der Waals surface area contributed by atoms with Crippen LogP contribution in [-0.2, 0) is 10.0 Å². The zero-order valence-electron chi connectivity index (χ0n) is 10.3. The van der Waals surface area contributed by atoms with Crippen molar-refractivity contribution in [3.05, 3.63) is 29.0 Å². The van der Waals surface area contributed by atoms with Crippen LogP contribution in [0.5, 0.6) is 0 Å². The molecule has 1 aromatic rings. The Morgan fingerprint density at radius 3 is 2.26 bits per heavy atom. The van der Waals surface area contributed by atoms with Crippen LogP contribution in [0.4, 0.5) is 4.39 Å². The molecule has 0 spiro atoms. The van der Waals surface area contributed by atoms with Crippen LogP contribution in [0, 0.1) is 17.7 Å². The van der Waals surface area contributed by atoms with Gasteiger partial charge in [0.05, 0.1) is 9.92 Å². The molecule has 19 heavy (non-hydrogen) atoms. The van der Waals surface area contributed by atoms with Gasteiger partial charge in [-0.3, -0.25) is 0 Å². The number of nitrogens with one attached hydrogen (secondary N) is 1. The second-order valence-electron chi connectivity index (χ2n) is 5.40. The predicted octanol–water partition coefficient (Wildman–Crippen LogP) is 2.95. The minimum atomic E-state index is -3.61. The maximum Gasteiger partial charge on any atom is 0.240 e. The fourth-order valence-corrected chi connectivity index (χ4v) is 4.02. The number of sulfonamides is 1. The van der Waals surface area contributed by atoms with Gasteiger partial charge in [0.1, 0.15) is 5.82 Å². The Hall–Kier alpha value is -0.650. The van der Waals surface area contributed by atoms with Crippen LogP contribution in [0.25, 0.3) is 0 Å². The highest BCUT2D eigenvalue weighted by Gasteiger charge is 2.43. The first-order chi connectivity index (χ1) is 8.97. The highest BCUT2D eigenvalue weighted by atomic mass is 35.5. The lowest BCUT2D eigenvalue weighted by Gasteiger charge is -2.17. The van der Waals surface area contributed by atoms with E-state index >= 15 is 0 Å². The summed E-state index contributed by atoms with van der Waals surface area (Å²) in [5.74, 6) is 0.331. The molecule has 0 radical (unpaired) electrons. The molecular formula is C13H15ClFNO2S. The molecule has 0 unspecified atom stereocenters. The topological polar surface area (TPSA) is 46.2 Å².